The number of fused-ring (bicyclic) bond motifs is 1. The van der Waals surface area contributed by atoms with Crippen molar-refractivity contribution in [1.82, 2.24) is 18.3 Å². The van der Waals surface area contributed by atoms with Gasteiger partial charge in [-0.1, -0.05) is 26.7 Å². The average Bonchev–Trinajstić information content (AvgIpc) is 2.80. The van der Waals surface area contributed by atoms with Gasteiger partial charge in [0.25, 0.3) is 10.2 Å². The summed E-state index contributed by atoms with van der Waals surface area (Å²) in [5, 5.41) is 1.37. The van der Waals surface area contributed by atoms with Gasteiger partial charge in [0.05, 0.1) is 4.90 Å². The Morgan fingerprint density at radius 2 is 1.65 bits per heavy atom. The molecule has 0 unspecified atom stereocenters. The Kier molecular flexibility index (Phi) is 6.96. The number of aromatic nitrogens is 1. The van der Waals surface area contributed by atoms with E-state index < -0.39 is 20.2 Å². The summed E-state index contributed by atoms with van der Waals surface area (Å²) in [6.45, 7) is 6.09. The zero-order valence-corrected chi connectivity index (χ0v) is 22.0. The number of sulfonamides is 1. The predicted molar refractivity (Wildman–Crippen MR) is 134 cm³/mol. The van der Waals surface area contributed by atoms with Gasteiger partial charge in [-0.15, -0.1) is 0 Å². The van der Waals surface area contributed by atoms with Gasteiger partial charge in [0.15, 0.2) is 0 Å². The molecule has 0 bridgehead atoms. The van der Waals surface area contributed by atoms with E-state index in [-0.39, 0.29) is 16.4 Å². The van der Waals surface area contributed by atoms with Crippen molar-refractivity contribution in [1.29, 1.82) is 0 Å². The second-order valence-corrected chi connectivity index (χ2v) is 13.4. The molecule has 2 fully saturated rings. The summed E-state index contributed by atoms with van der Waals surface area (Å²) < 4.78 is 57.1. The number of anilines is 1. The molecule has 2 aliphatic rings. The van der Waals surface area contributed by atoms with Gasteiger partial charge in [-0.25, -0.2) is 13.1 Å². The van der Waals surface area contributed by atoms with Crippen LogP contribution in [0.4, 0.5) is 5.69 Å². The van der Waals surface area contributed by atoms with Crippen molar-refractivity contribution < 1.29 is 16.8 Å². The first-order valence-corrected chi connectivity index (χ1v) is 14.7. The summed E-state index contributed by atoms with van der Waals surface area (Å²) in [7, 11) is -4.08. The first-order chi connectivity index (χ1) is 16.0. The maximum Gasteiger partial charge on any atom is 0.281 e. The molecule has 2 aromatic rings. The van der Waals surface area contributed by atoms with Crippen LogP contribution in [-0.2, 0) is 20.2 Å². The third-order valence-corrected chi connectivity index (χ3v) is 11.1. The second kappa shape index (κ2) is 9.34. The van der Waals surface area contributed by atoms with E-state index in [0.717, 1.165) is 36.8 Å². The van der Waals surface area contributed by atoms with Crippen molar-refractivity contribution >= 4 is 36.7 Å². The van der Waals surface area contributed by atoms with Crippen molar-refractivity contribution in [2.75, 3.05) is 45.2 Å². The number of hydrogen-bond donors (Lipinski definition) is 1. The van der Waals surface area contributed by atoms with Gasteiger partial charge < -0.3 is 4.90 Å². The summed E-state index contributed by atoms with van der Waals surface area (Å²) in [6.07, 6.45) is 7.17. The zero-order valence-electron chi connectivity index (χ0n) is 20.4. The summed E-state index contributed by atoms with van der Waals surface area (Å²) in [6, 6.07) is 5.18. The minimum absolute atomic E-state index is 0.0341. The Balaban J connectivity index is 1.57. The molecule has 34 heavy (non-hydrogen) atoms. The second-order valence-electron chi connectivity index (χ2n) is 9.61. The van der Waals surface area contributed by atoms with Crippen molar-refractivity contribution in [3.63, 3.8) is 0 Å². The van der Waals surface area contributed by atoms with Gasteiger partial charge in [0, 0.05) is 75.2 Å². The minimum Gasteiger partial charge on any atom is -0.368 e. The third-order valence-electron chi connectivity index (χ3n) is 7.59. The first-order valence-electron chi connectivity index (χ1n) is 11.8. The normalized spacial score (nSPS) is 20.1. The maximum atomic E-state index is 13.3. The van der Waals surface area contributed by atoms with Crippen LogP contribution < -0.4 is 9.62 Å². The number of rotatable bonds is 8. The van der Waals surface area contributed by atoms with E-state index in [0.29, 0.717) is 31.6 Å². The molecule has 1 aromatic heterocycles. The van der Waals surface area contributed by atoms with Crippen molar-refractivity contribution in [3.05, 3.63) is 30.6 Å². The molecule has 1 saturated carbocycles. The number of hydrogen-bond acceptors (Lipinski definition) is 6. The number of nitrogens with zero attached hydrogens (tertiary/aromatic N) is 4. The Hall–Kier alpha value is -1.79. The average molecular weight is 510 g/mol. The van der Waals surface area contributed by atoms with Gasteiger partial charge in [0.1, 0.15) is 0 Å². The Bertz CT molecular complexity index is 1240. The zero-order chi connectivity index (χ0) is 24.7. The molecule has 0 amide bonds. The molecule has 9 nitrogen and oxygen atoms in total. The molecule has 1 saturated heterocycles. The summed E-state index contributed by atoms with van der Waals surface area (Å²) in [5.41, 5.74) is 1.12. The van der Waals surface area contributed by atoms with Crippen LogP contribution in [0.2, 0.25) is 0 Å². The molecule has 0 spiro atoms. The molecule has 1 N–H and O–H groups in total. The molecule has 0 atom stereocenters. The lowest BCUT2D eigenvalue weighted by molar-refractivity contribution is 0.0846. The fourth-order valence-corrected chi connectivity index (χ4v) is 7.76. The number of pyridine rings is 1. The molecule has 4 rings (SSSR count). The van der Waals surface area contributed by atoms with Crippen LogP contribution >= 0.6 is 0 Å². The first kappa shape index (κ1) is 25.3. The van der Waals surface area contributed by atoms with Crippen LogP contribution in [-0.4, -0.2) is 76.7 Å². The molecule has 1 aliphatic heterocycles. The van der Waals surface area contributed by atoms with Crippen LogP contribution in [0.25, 0.3) is 10.8 Å². The summed E-state index contributed by atoms with van der Waals surface area (Å²) in [5.74, 6) is 0. The quantitative estimate of drug-likeness (QED) is 0.586. The number of nitrogens with one attached hydrogen (secondary N) is 1. The largest absolute Gasteiger partial charge is 0.368 e. The highest BCUT2D eigenvalue weighted by molar-refractivity contribution is 7.89. The van der Waals surface area contributed by atoms with Gasteiger partial charge in [-0.05, 0) is 36.5 Å². The maximum absolute atomic E-state index is 13.3. The van der Waals surface area contributed by atoms with E-state index in [1.54, 1.807) is 24.5 Å². The van der Waals surface area contributed by atoms with E-state index in [9.17, 15) is 16.8 Å². The van der Waals surface area contributed by atoms with E-state index >= 15 is 0 Å². The van der Waals surface area contributed by atoms with Crippen LogP contribution in [0.15, 0.2) is 35.5 Å². The van der Waals surface area contributed by atoms with E-state index in [1.807, 2.05) is 6.07 Å². The molecule has 0 radical (unpaired) electrons. The van der Waals surface area contributed by atoms with Crippen molar-refractivity contribution in [3.8, 4) is 0 Å². The topological polar surface area (TPSA) is 103 Å². The van der Waals surface area contributed by atoms with Gasteiger partial charge in [-0.2, -0.15) is 17.0 Å². The molecule has 11 heteroatoms. The smallest absolute Gasteiger partial charge is 0.281 e. The fraction of sp³-hybridized carbons (Fsp3) is 0.609. The number of piperazine rings is 1. The summed E-state index contributed by atoms with van der Waals surface area (Å²) >= 11 is 0. The fourth-order valence-electron chi connectivity index (χ4n) is 5.23. The molecule has 1 aliphatic carbocycles. The molecule has 188 valence electrons. The Morgan fingerprint density at radius 3 is 2.24 bits per heavy atom. The molecular formula is C23H35N5O4S2. The highest BCUT2D eigenvalue weighted by Gasteiger charge is 2.43. The SMILES string of the molecule is CCC1(CC)CC(NS(=O)(=O)c2ccc(N3CCN(S(=O)(=O)N(C)C)CC3)c3cnccc23)C1. The van der Waals surface area contributed by atoms with Gasteiger partial charge in [-0.3, -0.25) is 4.98 Å². The number of benzene rings is 1. The van der Waals surface area contributed by atoms with Crippen LogP contribution in [0.1, 0.15) is 39.5 Å². The van der Waals surface area contributed by atoms with Crippen LogP contribution in [0, 0.1) is 5.41 Å². The van der Waals surface area contributed by atoms with Crippen molar-refractivity contribution in [2.45, 2.75) is 50.5 Å². The van der Waals surface area contributed by atoms with Gasteiger partial charge >= 0.3 is 0 Å². The van der Waals surface area contributed by atoms with Crippen molar-refractivity contribution in [2.24, 2.45) is 5.41 Å². The summed E-state index contributed by atoms with van der Waals surface area (Å²) in [4.78, 5) is 6.60. The predicted octanol–water partition coefficient (Wildman–Crippen LogP) is 2.41. The highest BCUT2D eigenvalue weighted by Crippen LogP contribution is 2.47. The molecule has 2 heterocycles. The lowest BCUT2D eigenvalue weighted by Crippen LogP contribution is -2.51. The van der Waals surface area contributed by atoms with Gasteiger partial charge in [0.2, 0.25) is 10.0 Å². The van der Waals surface area contributed by atoms with E-state index in [2.05, 4.69) is 28.5 Å². The Morgan fingerprint density at radius 1 is 1.00 bits per heavy atom. The minimum atomic E-state index is -3.69. The Labute approximate surface area is 203 Å². The lowest BCUT2D eigenvalue weighted by atomic mass is 9.63. The standard InChI is InChI=1S/C23H35N5O4S2/c1-5-23(6-2)15-18(16-23)25-33(29,30)22-8-7-21(20-17-24-10-9-19(20)22)27-11-13-28(14-12-27)34(31,32)26(3)4/h7-10,17-18,25H,5-6,11-16H2,1-4H3. The molecule has 1 aromatic carbocycles. The monoisotopic (exact) mass is 509 g/mol. The van der Waals surface area contributed by atoms with E-state index in [4.69, 9.17) is 0 Å². The van der Waals surface area contributed by atoms with Crippen LogP contribution in [0.5, 0.6) is 0 Å². The lowest BCUT2D eigenvalue weighted by Gasteiger charge is -2.47. The van der Waals surface area contributed by atoms with E-state index in [1.165, 1.54) is 22.7 Å². The molecular weight excluding hydrogens is 474 g/mol. The third kappa shape index (κ3) is 4.56. The van der Waals surface area contributed by atoms with Crippen LogP contribution in [0.3, 0.4) is 0 Å². The highest BCUT2D eigenvalue weighted by atomic mass is 32.2.